The zero-order valence-electron chi connectivity index (χ0n) is 26.4. The fourth-order valence-corrected chi connectivity index (χ4v) is 13.5. The molecule has 4 heteroatoms. The summed E-state index contributed by atoms with van der Waals surface area (Å²) in [5.41, 5.74) is 9.65. The van der Waals surface area contributed by atoms with Crippen molar-refractivity contribution in [2.45, 2.75) is 37.5 Å². The van der Waals surface area contributed by atoms with Gasteiger partial charge in [-0.3, -0.25) is 0 Å². The SMILES string of the molecule is c1ccc(-c2nc(-c3cccc4sc5ccc6c(c5c34)C3(c4ccccc4-6)C4CC5CC(C4)CC3C5)nc3sc4ccccc4c23)cc1. The zero-order valence-corrected chi connectivity index (χ0v) is 28.1. The highest BCUT2D eigenvalue weighted by molar-refractivity contribution is 7.26. The van der Waals surface area contributed by atoms with Gasteiger partial charge in [-0.1, -0.05) is 91.0 Å². The highest BCUT2D eigenvalue weighted by Gasteiger charge is 2.62. The van der Waals surface area contributed by atoms with E-state index in [0.717, 1.165) is 51.0 Å². The summed E-state index contributed by atoms with van der Waals surface area (Å²) >= 11 is 3.74. The maximum absolute atomic E-state index is 5.51. The minimum atomic E-state index is 0.103. The van der Waals surface area contributed by atoms with Gasteiger partial charge in [0.25, 0.3) is 0 Å². The standard InChI is InChI=1S/C44H32N2S2/c1-2-9-26(10-3-1)41-38-31-12-5-7-15-34(31)48-43(38)46-42(45-41)32-13-8-16-35-37(32)39-36(47-35)18-17-30-29-11-4-6-14-33(29)44(40(30)39)27-20-24-19-25(22-27)23-28(44)21-24/h1-18,24-25,27-28H,19-23H2. The third-order valence-electron chi connectivity index (χ3n) is 12.7. The number of rotatable bonds is 2. The summed E-state index contributed by atoms with van der Waals surface area (Å²) in [6.07, 6.45) is 7.02. The molecule has 4 fully saturated rings. The van der Waals surface area contributed by atoms with Gasteiger partial charge in [0.15, 0.2) is 5.82 Å². The van der Waals surface area contributed by atoms with E-state index in [4.69, 9.17) is 9.97 Å². The van der Waals surface area contributed by atoms with Crippen LogP contribution in [-0.4, -0.2) is 9.97 Å². The molecule has 230 valence electrons. The van der Waals surface area contributed by atoms with Crippen molar-refractivity contribution >= 4 is 63.1 Å². The normalized spacial score (nSPS) is 25.2. The lowest BCUT2D eigenvalue weighted by Gasteiger charge is -2.61. The zero-order chi connectivity index (χ0) is 31.1. The van der Waals surface area contributed by atoms with E-state index in [1.54, 1.807) is 22.5 Å². The molecule has 48 heavy (non-hydrogen) atoms. The van der Waals surface area contributed by atoms with Crippen LogP contribution in [0.3, 0.4) is 0 Å². The first kappa shape index (κ1) is 26.6. The van der Waals surface area contributed by atoms with Gasteiger partial charge in [0.05, 0.1) is 5.69 Å². The van der Waals surface area contributed by atoms with Gasteiger partial charge in [-0.25, -0.2) is 9.97 Å². The highest BCUT2D eigenvalue weighted by Crippen LogP contribution is 2.70. The van der Waals surface area contributed by atoms with Crippen molar-refractivity contribution in [1.29, 1.82) is 0 Å². The topological polar surface area (TPSA) is 25.8 Å². The monoisotopic (exact) mass is 652 g/mol. The highest BCUT2D eigenvalue weighted by atomic mass is 32.1. The molecular formula is C44H32N2S2. The molecule has 0 unspecified atom stereocenters. The third kappa shape index (κ3) is 3.28. The Morgan fingerprint density at radius 1 is 0.521 bits per heavy atom. The molecule has 2 nitrogen and oxygen atoms in total. The van der Waals surface area contributed by atoms with Crippen LogP contribution in [0.15, 0.2) is 109 Å². The van der Waals surface area contributed by atoms with Gasteiger partial charge in [0.1, 0.15) is 4.83 Å². The van der Waals surface area contributed by atoms with Crippen LogP contribution in [0.4, 0.5) is 0 Å². The number of benzene rings is 5. The Labute approximate surface area is 287 Å². The fraction of sp³-hybridized carbons (Fsp3) is 0.227. The molecule has 0 atom stereocenters. The lowest BCUT2D eigenvalue weighted by Crippen LogP contribution is -2.55. The van der Waals surface area contributed by atoms with Crippen molar-refractivity contribution < 1.29 is 0 Å². The van der Waals surface area contributed by atoms with E-state index < -0.39 is 0 Å². The molecule has 13 rings (SSSR count). The maximum Gasteiger partial charge on any atom is 0.162 e. The second kappa shape index (κ2) is 9.40. The van der Waals surface area contributed by atoms with Crippen molar-refractivity contribution in [3.63, 3.8) is 0 Å². The summed E-state index contributed by atoms with van der Waals surface area (Å²) in [6, 6.07) is 40.7. The maximum atomic E-state index is 5.51. The second-order valence-corrected chi connectivity index (χ2v) is 17.0. The van der Waals surface area contributed by atoms with Crippen LogP contribution in [0, 0.1) is 23.7 Å². The Kier molecular flexibility index (Phi) is 5.20. The fourth-order valence-electron chi connectivity index (χ4n) is 11.3. The van der Waals surface area contributed by atoms with Crippen molar-refractivity contribution in [3.8, 4) is 33.8 Å². The lowest BCUT2D eigenvalue weighted by atomic mass is 9.43. The van der Waals surface area contributed by atoms with E-state index in [1.807, 2.05) is 11.3 Å². The van der Waals surface area contributed by atoms with Crippen molar-refractivity contribution in [2.24, 2.45) is 23.7 Å². The van der Waals surface area contributed by atoms with E-state index in [-0.39, 0.29) is 5.41 Å². The smallest absolute Gasteiger partial charge is 0.162 e. The van der Waals surface area contributed by atoms with Gasteiger partial charge in [0, 0.05) is 52.2 Å². The van der Waals surface area contributed by atoms with Gasteiger partial charge in [-0.15, -0.1) is 22.7 Å². The summed E-state index contributed by atoms with van der Waals surface area (Å²) in [5.74, 6) is 4.12. The van der Waals surface area contributed by atoms with Crippen molar-refractivity contribution in [1.82, 2.24) is 9.97 Å². The molecule has 4 bridgehead atoms. The molecule has 8 aromatic rings. The lowest BCUT2D eigenvalue weighted by molar-refractivity contribution is -0.0393. The van der Waals surface area contributed by atoms with E-state index in [1.165, 1.54) is 79.1 Å². The Bertz CT molecular complexity index is 2620. The first-order valence-electron chi connectivity index (χ1n) is 17.6. The van der Waals surface area contributed by atoms with Gasteiger partial charge in [-0.2, -0.15) is 0 Å². The Hall–Kier alpha value is -4.38. The van der Waals surface area contributed by atoms with Gasteiger partial charge >= 0.3 is 0 Å². The average molecular weight is 653 g/mol. The molecule has 0 saturated heterocycles. The number of nitrogens with zero attached hydrogens (tertiary/aromatic N) is 2. The molecule has 5 aliphatic carbocycles. The number of hydrogen-bond acceptors (Lipinski definition) is 4. The summed E-state index contributed by atoms with van der Waals surface area (Å²) < 4.78 is 4.00. The van der Waals surface area contributed by atoms with Crippen LogP contribution >= 0.6 is 22.7 Å². The van der Waals surface area contributed by atoms with Crippen LogP contribution in [0.5, 0.6) is 0 Å². The van der Waals surface area contributed by atoms with Crippen LogP contribution in [-0.2, 0) is 5.41 Å². The van der Waals surface area contributed by atoms with Crippen LogP contribution < -0.4 is 0 Å². The number of thiophene rings is 2. The van der Waals surface area contributed by atoms with Crippen LogP contribution in [0.25, 0.3) is 74.2 Å². The molecule has 0 aliphatic heterocycles. The molecular weight excluding hydrogens is 621 g/mol. The molecule has 1 spiro atoms. The van der Waals surface area contributed by atoms with E-state index in [2.05, 4.69) is 109 Å². The van der Waals surface area contributed by atoms with E-state index >= 15 is 0 Å². The first-order chi connectivity index (χ1) is 23.8. The summed E-state index contributed by atoms with van der Waals surface area (Å²) in [6.45, 7) is 0. The number of aromatic nitrogens is 2. The van der Waals surface area contributed by atoms with Gasteiger partial charge in [-0.05, 0) is 96.2 Å². The number of fused-ring (bicyclic) bond motifs is 10. The van der Waals surface area contributed by atoms with E-state index in [0.29, 0.717) is 0 Å². The van der Waals surface area contributed by atoms with Crippen molar-refractivity contribution in [3.05, 3.63) is 120 Å². The molecule has 0 N–H and O–H groups in total. The Morgan fingerprint density at radius 3 is 2.08 bits per heavy atom. The molecule has 3 heterocycles. The summed E-state index contributed by atoms with van der Waals surface area (Å²) in [5, 5.41) is 5.24. The van der Waals surface area contributed by atoms with E-state index in [9.17, 15) is 0 Å². The first-order valence-corrected chi connectivity index (χ1v) is 19.2. The molecule has 5 aromatic carbocycles. The second-order valence-electron chi connectivity index (χ2n) is 14.9. The minimum absolute atomic E-state index is 0.103. The molecule has 0 amide bonds. The molecule has 0 radical (unpaired) electrons. The predicted molar refractivity (Wildman–Crippen MR) is 202 cm³/mol. The van der Waals surface area contributed by atoms with Crippen molar-refractivity contribution in [2.75, 3.05) is 0 Å². The average Bonchev–Trinajstić information content (AvgIpc) is 3.78. The van der Waals surface area contributed by atoms with Crippen LogP contribution in [0.2, 0.25) is 0 Å². The summed E-state index contributed by atoms with van der Waals surface area (Å²) in [4.78, 5) is 12.0. The Balaban J connectivity index is 1.19. The minimum Gasteiger partial charge on any atom is -0.227 e. The Morgan fingerprint density at radius 2 is 1.23 bits per heavy atom. The molecule has 5 aliphatic rings. The van der Waals surface area contributed by atoms with Crippen LogP contribution in [0.1, 0.15) is 43.2 Å². The predicted octanol–water partition coefficient (Wildman–Crippen LogP) is 12.3. The molecule has 4 saturated carbocycles. The third-order valence-corrected chi connectivity index (χ3v) is 14.9. The quantitative estimate of drug-likeness (QED) is 0.186. The largest absolute Gasteiger partial charge is 0.227 e. The summed E-state index contributed by atoms with van der Waals surface area (Å²) in [7, 11) is 0. The van der Waals surface area contributed by atoms with Gasteiger partial charge < -0.3 is 0 Å². The van der Waals surface area contributed by atoms with Gasteiger partial charge in [0.2, 0.25) is 0 Å². The molecule has 3 aromatic heterocycles. The number of hydrogen-bond donors (Lipinski definition) is 0.